The molecule has 1 heterocycles. The van der Waals surface area contributed by atoms with Gasteiger partial charge in [-0.1, -0.05) is 224 Å². The van der Waals surface area contributed by atoms with E-state index in [-0.39, 0.29) is 25.9 Å². The van der Waals surface area contributed by atoms with Gasteiger partial charge in [0.25, 0.3) is 0 Å². The average molecular weight is 1180 g/mol. The van der Waals surface area contributed by atoms with Gasteiger partial charge in [-0.3, -0.25) is 14.4 Å². The van der Waals surface area contributed by atoms with E-state index >= 15 is 0 Å². The van der Waals surface area contributed by atoms with Crippen LogP contribution in [0.4, 0.5) is 0 Å². The fourth-order valence-electron chi connectivity index (χ4n) is 8.92. The van der Waals surface area contributed by atoms with E-state index in [0.717, 1.165) is 154 Å². The van der Waals surface area contributed by atoms with Gasteiger partial charge in [0.05, 0.1) is 6.61 Å². The number of carbonyl (C=O) groups is 4. The molecule has 0 aromatic heterocycles. The van der Waals surface area contributed by atoms with Crippen LogP contribution in [0.2, 0.25) is 0 Å². The highest BCUT2D eigenvalue weighted by Crippen LogP contribution is 2.26. The van der Waals surface area contributed by atoms with Crippen molar-refractivity contribution in [3.8, 4) is 0 Å². The maximum absolute atomic E-state index is 13.2. The Bertz CT molecular complexity index is 2030. The fraction of sp³-hybridized carbons (Fsp3) is 0.616. The van der Waals surface area contributed by atoms with E-state index in [9.17, 15) is 34.5 Å². The predicted octanol–water partition coefficient (Wildman–Crippen LogP) is 17.9. The van der Waals surface area contributed by atoms with Gasteiger partial charge in [0, 0.05) is 19.3 Å². The maximum Gasteiger partial charge on any atom is 0.335 e. The number of allylic oxidation sites excluding steroid dienone is 24. The second-order valence-electron chi connectivity index (χ2n) is 21.6. The van der Waals surface area contributed by atoms with E-state index in [1.165, 1.54) is 25.7 Å². The molecular weight excluding hydrogens is 1070 g/mol. The molecule has 1 fully saturated rings. The van der Waals surface area contributed by atoms with E-state index in [4.69, 9.17) is 23.7 Å². The molecule has 6 unspecified atom stereocenters. The van der Waals surface area contributed by atoms with Gasteiger partial charge in [0.2, 0.25) is 0 Å². The number of ether oxygens (including phenoxy) is 5. The Kier molecular flexibility index (Phi) is 53.8. The van der Waals surface area contributed by atoms with Crippen LogP contribution in [0, 0.1) is 0 Å². The van der Waals surface area contributed by atoms with Crippen molar-refractivity contribution in [3.63, 3.8) is 0 Å². The van der Waals surface area contributed by atoms with Crippen LogP contribution < -0.4 is 0 Å². The second kappa shape index (κ2) is 59.0. The van der Waals surface area contributed by atoms with Crippen LogP contribution in [0.25, 0.3) is 0 Å². The van der Waals surface area contributed by atoms with Crippen molar-refractivity contribution in [1.82, 2.24) is 0 Å². The molecule has 0 radical (unpaired) electrons. The second-order valence-corrected chi connectivity index (χ2v) is 21.6. The number of hydrogen-bond donors (Lipinski definition) is 3. The normalized spacial score (nSPS) is 18.4. The predicted molar refractivity (Wildman–Crippen MR) is 349 cm³/mol. The molecule has 3 N–H and O–H groups in total. The van der Waals surface area contributed by atoms with Gasteiger partial charge in [-0.25, -0.2) is 4.79 Å². The van der Waals surface area contributed by atoms with Crippen LogP contribution in [0.1, 0.15) is 239 Å². The van der Waals surface area contributed by atoms with Crippen LogP contribution in [0.15, 0.2) is 146 Å². The van der Waals surface area contributed by atoms with Gasteiger partial charge in [-0.05, 0) is 141 Å². The largest absolute Gasteiger partial charge is 0.479 e. The molecule has 1 aliphatic rings. The minimum Gasteiger partial charge on any atom is -0.479 e. The highest BCUT2D eigenvalue weighted by molar-refractivity contribution is 5.74. The molecule has 0 amide bonds. The van der Waals surface area contributed by atoms with Gasteiger partial charge in [0.1, 0.15) is 18.8 Å². The van der Waals surface area contributed by atoms with Gasteiger partial charge in [0.15, 0.2) is 24.6 Å². The summed E-state index contributed by atoms with van der Waals surface area (Å²) in [5, 5.41) is 31.6. The van der Waals surface area contributed by atoms with Crippen molar-refractivity contribution in [2.75, 3.05) is 13.2 Å². The Balaban J connectivity index is 2.73. The summed E-state index contributed by atoms with van der Waals surface area (Å²) in [5.41, 5.74) is 0. The van der Waals surface area contributed by atoms with Crippen molar-refractivity contribution in [2.24, 2.45) is 0 Å². The minimum atomic E-state index is -1.93. The molecule has 0 aromatic carbocycles. The van der Waals surface area contributed by atoms with Crippen LogP contribution in [0.5, 0.6) is 0 Å². The zero-order valence-corrected chi connectivity index (χ0v) is 52.8. The number of carboxylic acids is 1. The molecule has 1 rings (SSSR count). The summed E-state index contributed by atoms with van der Waals surface area (Å²) in [6.45, 7) is 5.70. The summed E-state index contributed by atoms with van der Waals surface area (Å²) in [6.07, 6.45) is 72.2. The number of unbranched alkanes of at least 4 members (excludes halogenated alkanes) is 16. The number of aliphatic hydroxyl groups excluding tert-OH is 2. The molecule has 85 heavy (non-hydrogen) atoms. The lowest BCUT2D eigenvalue weighted by Crippen LogP contribution is -2.61. The highest BCUT2D eigenvalue weighted by Gasteiger charge is 2.50. The summed E-state index contributed by atoms with van der Waals surface area (Å²) in [4.78, 5) is 51.4. The van der Waals surface area contributed by atoms with Crippen molar-refractivity contribution >= 4 is 23.9 Å². The van der Waals surface area contributed by atoms with Gasteiger partial charge in [-0.15, -0.1) is 0 Å². The first kappa shape index (κ1) is 77.6. The first-order valence-electron chi connectivity index (χ1n) is 32.8. The summed E-state index contributed by atoms with van der Waals surface area (Å²) >= 11 is 0. The van der Waals surface area contributed by atoms with Crippen molar-refractivity contribution < 1.29 is 58.2 Å². The Labute approximate surface area is 514 Å². The first-order valence-corrected chi connectivity index (χ1v) is 32.8. The number of rotatable bonds is 54. The van der Waals surface area contributed by atoms with E-state index in [1.54, 1.807) is 0 Å². The summed E-state index contributed by atoms with van der Waals surface area (Å²) in [5.74, 6) is -3.23. The molecule has 0 aromatic rings. The first-order chi connectivity index (χ1) is 41.6. The fourth-order valence-corrected chi connectivity index (χ4v) is 8.92. The highest BCUT2D eigenvalue weighted by atomic mass is 16.7. The minimum absolute atomic E-state index is 0.0191. The quantitative estimate of drug-likeness (QED) is 0.0228. The third-order valence-corrected chi connectivity index (χ3v) is 13.9. The Morgan fingerprint density at radius 3 is 1.14 bits per heavy atom. The van der Waals surface area contributed by atoms with E-state index in [2.05, 4.69) is 167 Å². The molecule has 12 heteroatoms. The maximum atomic E-state index is 13.2. The smallest absolute Gasteiger partial charge is 0.335 e. The molecule has 478 valence electrons. The van der Waals surface area contributed by atoms with Gasteiger partial charge >= 0.3 is 23.9 Å². The van der Waals surface area contributed by atoms with Crippen LogP contribution in [-0.2, 0) is 42.9 Å². The monoisotopic (exact) mass is 1180 g/mol. The standard InChI is InChI=1S/C73H114O12/c1-4-7-10-13-16-19-22-25-28-31-33-36-38-41-44-47-50-53-56-59-65(74)81-62-64(83-66(75)60-57-54-51-48-45-42-40-37-34-32-29-26-23-20-17-14-11-8-5-2)63-82-73-71(69(78)68(77)70(85-73)72(79)80)84-67(76)61-58-55-52-49-46-43-39-35-30-27-24-21-18-15-12-9-6-3/h7,9-10,12,16-21,25-30,33-34,36-37,39,41,43-44,64,68-71,73,77-78H,4-6,8,11,13-15,22-24,31-32,35,38,40,42,45-63H2,1-3H3,(H,79,80)/b10-7-,12-9-,19-16-,20-17-,21-18-,28-25-,29-26-,30-27-,36-33-,37-34-,43-39-,44-41-. The molecule has 12 nitrogen and oxygen atoms in total. The van der Waals surface area contributed by atoms with E-state index in [1.807, 2.05) is 0 Å². The zero-order valence-electron chi connectivity index (χ0n) is 52.8. The van der Waals surface area contributed by atoms with Crippen molar-refractivity contribution in [3.05, 3.63) is 146 Å². The molecular formula is C73H114O12. The van der Waals surface area contributed by atoms with Gasteiger partial charge in [-0.2, -0.15) is 0 Å². The number of aliphatic hydroxyl groups is 2. The lowest BCUT2D eigenvalue weighted by Gasteiger charge is -2.40. The van der Waals surface area contributed by atoms with Crippen LogP contribution >= 0.6 is 0 Å². The van der Waals surface area contributed by atoms with E-state index < -0.39 is 67.3 Å². The Morgan fingerprint density at radius 2 is 0.741 bits per heavy atom. The molecule has 0 aliphatic carbocycles. The van der Waals surface area contributed by atoms with Crippen LogP contribution in [0.3, 0.4) is 0 Å². The zero-order chi connectivity index (χ0) is 61.7. The van der Waals surface area contributed by atoms with Gasteiger partial charge < -0.3 is 39.0 Å². The lowest BCUT2D eigenvalue weighted by molar-refractivity contribution is -0.301. The van der Waals surface area contributed by atoms with Crippen molar-refractivity contribution in [2.45, 2.75) is 276 Å². The summed E-state index contributed by atoms with van der Waals surface area (Å²) < 4.78 is 28.5. The molecule has 0 spiro atoms. The van der Waals surface area contributed by atoms with Crippen LogP contribution in [-0.4, -0.2) is 89.2 Å². The summed E-state index contributed by atoms with van der Waals surface area (Å²) in [6, 6.07) is 0. The number of aliphatic carboxylic acids is 1. The lowest BCUT2D eigenvalue weighted by atomic mass is 9.98. The topological polar surface area (TPSA) is 175 Å². The third kappa shape index (κ3) is 48.4. The average Bonchev–Trinajstić information content (AvgIpc) is 3.46. The molecule has 6 atom stereocenters. The molecule has 1 saturated heterocycles. The van der Waals surface area contributed by atoms with E-state index in [0.29, 0.717) is 19.3 Å². The number of carboxylic acid groups (broad SMARTS) is 1. The number of esters is 3. The number of carbonyl (C=O) groups excluding carboxylic acids is 3. The SMILES string of the molecule is CC/C=C\C/C=C\C/C=C\C/C=C\C/C=C\CCCCCC(=O)OCC(COC1OC(C(=O)O)C(O)C(O)C1OC(=O)CCCCCC/C=C\C/C=C\C/C=C\C/C=C\CC)OC(=O)CCCCCCCC/C=C\C/C=C\C/C=C\CCCCC. The third-order valence-electron chi connectivity index (χ3n) is 13.9. The Hall–Kier alpha value is -5.40. The Morgan fingerprint density at radius 1 is 0.400 bits per heavy atom. The molecule has 0 bridgehead atoms. The summed E-state index contributed by atoms with van der Waals surface area (Å²) in [7, 11) is 0. The molecule has 0 saturated carbocycles. The number of hydrogen-bond acceptors (Lipinski definition) is 11. The van der Waals surface area contributed by atoms with Crippen molar-refractivity contribution in [1.29, 1.82) is 0 Å². The molecule has 1 aliphatic heterocycles.